The lowest BCUT2D eigenvalue weighted by Gasteiger charge is -2.15. The molecule has 1 aliphatic carbocycles. The van der Waals surface area contributed by atoms with Gasteiger partial charge in [-0.2, -0.15) is 0 Å². The van der Waals surface area contributed by atoms with Gasteiger partial charge in [-0.05, 0) is 48.2 Å². The van der Waals surface area contributed by atoms with E-state index in [4.69, 9.17) is 22.1 Å². The number of amides is 3. The van der Waals surface area contributed by atoms with Crippen molar-refractivity contribution in [2.24, 2.45) is 5.73 Å². The number of halogens is 1. The number of nitrogens with one attached hydrogen (secondary N) is 2. The summed E-state index contributed by atoms with van der Waals surface area (Å²) in [4.78, 5) is 25.3. The van der Waals surface area contributed by atoms with Crippen LogP contribution in [0.3, 0.4) is 0 Å². The van der Waals surface area contributed by atoms with Crippen molar-refractivity contribution in [2.45, 2.75) is 19.3 Å². The van der Waals surface area contributed by atoms with E-state index in [1.165, 1.54) is 11.3 Å². The van der Waals surface area contributed by atoms with Crippen LogP contribution in [0.25, 0.3) is 0 Å². The molecule has 1 heterocycles. The molecule has 3 amide bonds. The van der Waals surface area contributed by atoms with E-state index in [0.717, 1.165) is 22.4 Å². The highest BCUT2D eigenvalue weighted by molar-refractivity contribution is 7.17. The maximum atomic E-state index is 12.3. The summed E-state index contributed by atoms with van der Waals surface area (Å²) in [6.07, 6.45) is 3.91. The van der Waals surface area contributed by atoms with E-state index < -0.39 is 11.9 Å². The van der Waals surface area contributed by atoms with Crippen molar-refractivity contribution >= 4 is 45.6 Å². The lowest BCUT2D eigenvalue weighted by Crippen LogP contribution is -2.22. The Labute approximate surface area is 160 Å². The predicted molar refractivity (Wildman–Crippen MR) is 104 cm³/mol. The zero-order valence-electron chi connectivity index (χ0n) is 14.1. The molecule has 2 aromatic rings. The van der Waals surface area contributed by atoms with Gasteiger partial charge in [-0.3, -0.25) is 10.1 Å². The molecular formula is C18H18ClN3O3S. The SMILES string of the molecule is CO/C=C1\CCc2c(sc(NC(=O)Nc3ccc(Cl)cc3)c2C(N)=O)C1. The first-order chi connectivity index (χ1) is 12.5. The van der Waals surface area contributed by atoms with E-state index in [0.29, 0.717) is 34.1 Å². The average molecular weight is 392 g/mol. The van der Waals surface area contributed by atoms with Crippen LogP contribution in [0.5, 0.6) is 0 Å². The molecule has 0 atom stereocenters. The number of ether oxygens (including phenoxy) is 1. The van der Waals surface area contributed by atoms with Crippen LogP contribution in [0, 0.1) is 0 Å². The standard InChI is InChI=1S/C18H18ClN3O3S/c1-25-9-10-2-7-13-14(8-10)26-17(15(13)16(20)23)22-18(24)21-12-5-3-11(19)4-6-12/h3-6,9H,2,7-8H2,1H3,(H2,20,23)(H2,21,22,24)/b10-9+. The number of methoxy groups -OCH3 is 1. The second-order valence-electron chi connectivity index (χ2n) is 5.85. The number of primary amides is 1. The summed E-state index contributed by atoms with van der Waals surface area (Å²) >= 11 is 7.21. The van der Waals surface area contributed by atoms with Crippen molar-refractivity contribution in [3.8, 4) is 0 Å². The predicted octanol–water partition coefficient (Wildman–Crippen LogP) is 4.16. The second-order valence-corrected chi connectivity index (χ2v) is 7.39. The van der Waals surface area contributed by atoms with Crippen LogP contribution in [-0.4, -0.2) is 19.0 Å². The molecule has 0 spiro atoms. The van der Waals surface area contributed by atoms with E-state index in [1.54, 1.807) is 37.6 Å². The van der Waals surface area contributed by atoms with Gasteiger partial charge in [-0.15, -0.1) is 11.3 Å². The van der Waals surface area contributed by atoms with Crippen LogP contribution in [0.2, 0.25) is 5.02 Å². The molecule has 1 aromatic heterocycles. The normalized spacial score (nSPS) is 14.6. The lowest BCUT2D eigenvalue weighted by molar-refractivity contribution is 0.100. The van der Waals surface area contributed by atoms with Crippen LogP contribution in [0.15, 0.2) is 36.1 Å². The molecule has 0 saturated heterocycles. The highest BCUT2D eigenvalue weighted by atomic mass is 35.5. The maximum Gasteiger partial charge on any atom is 0.324 e. The first-order valence-electron chi connectivity index (χ1n) is 7.96. The number of benzene rings is 1. The zero-order valence-corrected chi connectivity index (χ0v) is 15.7. The quantitative estimate of drug-likeness (QED) is 0.683. The van der Waals surface area contributed by atoms with Crippen LogP contribution in [0.1, 0.15) is 27.2 Å². The minimum Gasteiger partial charge on any atom is -0.504 e. The molecule has 8 heteroatoms. The number of urea groups is 1. The van der Waals surface area contributed by atoms with Gasteiger partial charge in [0.2, 0.25) is 0 Å². The van der Waals surface area contributed by atoms with E-state index in [-0.39, 0.29) is 0 Å². The third-order valence-electron chi connectivity index (χ3n) is 4.03. The topological polar surface area (TPSA) is 93.4 Å². The van der Waals surface area contributed by atoms with Gasteiger partial charge in [0, 0.05) is 22.0 Å². The van der Waals surface area contributed by atoms with Crippen molar-refractivity contribution in [1.82, 2.24) is 0 Å². The highest BCUT2D eigenvalue weighted by Crippen LogP contribution is 2.39. The van der Waals surface area contributed by atoms with Crippen LogP contribution < -0.4 is 16.4 Å². The molecule has 3 rings (SSSR count). The zero-order chi connectivity index (χ0) is 18.7. The van der Waals surface area contributed by atoms with Gasteiger partial charge in [-0.25, -0.2) is 4.79 Å². The monoisotopic (exact) mass is 391 g/mol. The first-order valence-corrected chi connectivity index (χ1v) is 9.16. The molecule has 6 nitrogen and oxygen atoms in total. The summed E-state index contributed by atoms with van der Waals surface area (Å²) in [5.41, 5.74) is 8.62. The Morgan fingerprint density at radius 3 is 2.62 bits per heavy atom. The van der Waals surface area contributed by atoms with Gasteiger partial charge in [-0.1, -0.05) is 11.6 Å². The molecule has 26 heavy (non-hydrogen) atoms. The lowest BCUT2D eigenvalue weighted by atomic mass is 9.92. The number of allylic oxidation sites excluding steroid dienone is 1. The molecule has 0 radical (unpaired) electrons. The highest BCUT2D eigenvalue weighted by Gasteiger charge is 2.26. The number of rotatable bonds is 4. The Kier molecular flexibility index (Phi) is 5.49. The third-order valence-corrected chi connectivity index (χ3v) is 5.43. The van der Waals surface area contributed by atoms with Gasteiger partial charge < -0.3 is 15.8 Å². The molecule has 0 aliphatic heterocycles. The maximum absolute atomic E-state index is 12.3. The molecule has 0 bridgehead atoms. The number of thiophene rings is 1. The van der Waals surface area contributed by atoms with Crippen molar-refractivity contribution in [3.05, 3.63) is 57.1 Å². The fourth-order valence-electron chi connectivity index (χ4n) is 2.91. The average Bonchev–Trinajstić information content (AvgIpc) is 2.94. The van der Waals surface area contributed by atoms with Gasteiger partial charge in [0.25, 0.3) is 5.91 Å². The van der Waals surface area contributed by atoms with Crippen molar-refractivity contribution in [1.29, 1.82) is 0 Å². The van der Waals surface area contributed by atoms with E-state index in [1.807, 2.05) is 0 Å². The second kappa shape index (κ2) is 7.80. The number of fused-ring (bicyclic) bond motifs is 1. The summed E-state index contributed by atoms with van der Waals surface area (Å²) in [7, 11) is 1.61. The van der Waals surface area contributed by atoms with E-state index >= 15 is 0 Å². The smallest absolute Gasteiger partial charge is 0.324 e. The summed E-state index contributed by atoms with van der Waals surface area (Å²) < 4.78 is 5.08. The number of hydrogen-bond donors (Lipinski definition) is 3. The van der Waals surface area contributed by atoms with E-state index in [9.17, 15) is 9.59 Å². The van der Waals surface area contributed by atoms with Gasteiger partial charge in [0.05, 0.1) is 18.9 Å². The Balaban J connectivity index is 1.81. The fraction of sp³-hybridized carbons (Fsp3) is 0.222. The Morgan fingerprint density at radius 1 is 1.23 bits per heavy atom. The molecule has 4 N–H and O–H groups in total. The summed E-state index contributed by atoms with van der Waals surface area (Å²) in [6, 6.07) is 6.30. The van der Waals surface area contributed by atoms with Crippen molar-refractivity contribution in [2.75, 3.05) is 17.7 Å². The minimum atomic E-state index is -0.538. The Morgan fingerprint density at radius 2 is 1.96 bits per heavy atom. The molecule has 136 valence electrons. The minimum absolute atomic E-state index is 0.396. The number of hydrogen-bond acceptors (Lipinski definition) is 4. The largest absolute Gasteiger partial charge is 0.504 e. The van der Waals surface area contributed by atoms with Gasteiger partial charge in [0.1, 0.15) is 5.00 Å². The first kappa shape index (κ1) is 18.3. The summed E-state index contributed by atoms with van der Waals surface area (Å²) in [6.45, 7) is 0. The molecule has 1 aromatic carbocycles. The number of carbonyl (C=O) groups excluding carboxylic acids is 2. The molecule has 0 fully saturated rings. The molecular weight excluding hydrogens is 374 g/mol. The third kappa shape index (κ3) is 4.00. The molecule has 0 saturated carbocycles. The Bertz CT molecular complexity index is 875. The van der Waals surface area contributed by atoms with Crippen molar-refractivity contribution in [3.63, 3.8) is 0 Å². The van der Waals surface area contributed by atoms with Crippen molar-refractivity contribution < 1.29 is 14.3 Å². The van der Waals surface area contributed by atoms with Gasteiger partial charge in [0.15, 0.2) is 0 Å². The van der Waals surface area contributed by atoms with Crippen LogP contribution >= 0.6 is 22.9 Å². The number of nitrogens with two attached hydrogens (primary N) is 1. The molecule has 1 aliphatic rings. The summed E-state index contributed by atoms with van der Waals surface area (Å²) in [5, 5.41) is 6.50. The number of carbonyl (C=O) groups is 2. The molecule has 0 unspecified atom stereocenters. The van der Waals surface area contributed by atoms with Gasteiger partial charge >= 0.3 is 6.03 Å². The Hall–Kier alpha value is -2.51. The fourth-order valence-corrected chi connectivity index (χ4v) is 4.34. The van der Waals surface area contributed by atoms with Crippen LogP contribution in [0.4, 0.5) is 15.5 Å². The summed E-state index contributed by atoms with van der Waals surface area (Å²) in [5.74, 6) is -0.538. The van der Waals surface area contributed by atoms with E-state index in [2.05, 4.69) is 10.6 Å². The van der Waals surface area contributed by atoms with Crippen LogP contribution in [-0.2, 0) is 17.6 Å². The number of anilines is 2.